The third kappa shape index (κ3) is 29.9. The Morgan fingerprint density at radius 2 is 0.829 bits per heavy atom. The topological polar surface area (TPSA) is 117 Å². The van der Waals surface area contributed by atoms with Crippen molar-refractivity contribution in [2.75, 3.05) is 106 Å². The summed E-state index contributed by atoms with van der Waals surface area (Å²) in [5.41, 5.74) is 0. The zero-order chi connectivity index (χ0) is 30.1. The van der Waals surface area contributed by atoms with Gasteiger partial charge in [0.2, 0.25) is 0 Å². The highest BCUT2D eigenvalue weighted by Crippen LogP contribution is 2.14. The minimum absolute atomic E-state index is 0.00307. The van der Waals surface area contributed by atoms with Crippen molar-refractivity contribution >= 4 is 11.9 Å². The third-order valence-corrected chi connectivity index (χ3v) is 5.91. The Labute approximate surface area is 248 Å². The first kappa shape index (κ1) is 39.7. The van der Waals surface area contributed by atoms with Gasteiger partial charge in [0.15, 0.2) is 0 Å². The first-order chi connectivity index (χ1) is 20.2. The van der Waals surface area contributed by atoms with Gasteiger partial charge in [-0.15, -0.1) is 0 Å². The minimum atomic E-state index is -0.160. The molecule has 0 aromatic heterocycles. The molecule has 0 heterocycles. The Morgan fingerprint density at radius 3 is 1.20 bits per heavy atom. The monoisotopic (exact) mass is 594 g/mol. The Morgan fingerprint density at radius 1 is 0.463 bits per heavy atom. The van der Waals surface area contributed by atoms with Crippen LogP contribution in [0.4, 0.5) is 0 Å². The Bertz CT molecular complexity index is 563. The molecule has 0 aliphatic carbocycles. The standard InChI is InChI=1S/C30H58O11/c1-4-7-9-11-29(31)40-26-24-38-22-20-36-18-16-34-14-12-33-13-15-35-17-19-37-21-23-39-25-27-41-30(32)28(6-3)10-8-5-2/h28H,4-27H2,1-3H3. The largest absolute Gasteiger partial charge is 0.463 e. The highest BCUT2D eigenvalue weighted by atomic mass is 16.6. The van der Waals surface area contributed by atoms with Crippen molar-refractivity contribution in [3.8, 4) is 0 Å². The van der Waals surface area contributed by atoms with Crippen LogP contribution in [-0.4, -0.2) is 118 Å². The van der Waals surface area contributed by atoms with E-state index in [4.69, 9.17) is 42.6 Å². The fraction of sp³-hybridized carbons (Fsp3) is 0.933. The van der Waals surface area contributed by atoms with E-state index in [9.17, 15) is 9.59 Å². The van der Waals surface area contributed by atoms with Gasteiger partial charge in [0.05, 0.1) is 98.4 Å². The Balaban J connectivity index is 3.20. The maximum atomic E-state index is 12.0. The molecule has 0 aromatic rings. The Hall–Kier alpha value is -1.34. The Kier molecular flexibility index (Phi) is 32.1. The molecule has 0 saturated carbocycles. The maximum Gasteiger partial charge on any atom is 0.308 e. The molecule has 244 valence electrons. The van der Waals surface area contributed by atoms with Crippen molar-refractivity contribution < 1.29 is 52.2 Å². The lowest BCUT2D eigenvalue weighted by Gasteiger charge is -2.13. The molecule has 1 atom stereocenters. The smallest absolute Gasteiger partial charge is 0.308 e. The van der Waals surface area contributed by atoms with Crippen LogP contribution < -0.4 is 0 Å². The molecule has 0 aliphatic heterocycles. The lowest BCUT2D eigenvalue weighted by atomic mass is 10.00. The highest BCUT2D eigenvalue weighted by molar-refractivity contribution is 5.72. The summed E-state index contributed by atoms with van der Waals surface area (Å²) in [5.74, 6) is -0.285. The lowest BCUT2D eigenvalue weighted by Crippen LogP contribution is -2.20. The number of rotatable bonds is 33. The zero-order valence-electron chi connectivity index (χ0n) is 26.0. The van der Waals surface area contributed by atoms with Crippen LogP contribution in [0.2, 0.25) is 0 Å². The normalized spacial score (nSPS) is 12.0. The first-order valence-corrected chi connectivity index (χ1v) is 15.5. The summed E-state index contributed by atoms with van der Waals surface area (Å²) >= 11 is 0. The molecule has 0 aromatic carbocycles. The van der Waals surface area contributed by atoms with E-state index in [-0.39, 0.29) is 31.1 Å². The highest BCUT2D eigenvalue weighted by Gasteiger charge is 2.16. The molecule has 0 radical (unpaired) electrons. The van der Waals surface area contributed by atoms with Gasteiger partial charge in [0.25, 0.3) is 0 Å². The van der Waals surface area contributed by atoms with Gasteiger partial charge in [-0.3, -0.25) is 9.59 Å². The van der Waals surface area contributed by atoms with Gasteiger partial charge in [0.1, 0.15) is 13.2 Å². The lowest BCUT2D eigenvalue weighted by molar-refractivity contribution is -0.150. The molecule has 0 bridgehead atoms. The predicted molar refractivity (Wildman–Crippen MR) is 155 cm³/mol. The summed E-state index contributed by atoms with van der Waals surface area (Å²) in [4.78, 5) is 23.4. The fourth-order valence-corrected chi connectivity index (χ4v) is 3.49. The predicted octanol–water partition coefficient (Wildman–Crippen LogP) is 3.99. The van der Waals surface area contributed by atoms with Crippen molar-refractivity contribution in [1.82, 2.24) is 0 Å². The van der Waals surface area contributed by atoms with E-state index in [1.165, 1.54) is 0 Å². The van der Waals surface area contributed by atoms with Crippen LogP contribution in [0.25, 0.3) is 0 Å². The van der Waals surface area contributed by atoms with E-state index in [1.54, 1.807) is 0 Å². The molecule has 0 N–H and O–H groups in total. The van der Waals surface area contributed by atoms with Crippen molar-refractivity contribution in [2.45, 2.75) is 72.1 Å². The molecule has 11 heteroatoms. The molecule has 0 spiro atoms. The van der Waals surface area contributed by atoms with Crippen molar-refractivity contribution in [2.24, 2.45) is 5.92 Å². The summed E-state index contributed by atoms with van der Waals surface area (Å²) < 4.78 is 48.4. The molecule has 0 saturated heterocycles. The molecular formula is C30H58O11. The summed E-state index contributed by atoms with van der Waals surface area (Å²) in [5, 5.41) is 0. The number of hydrogen-bond acceptors (Lipinski definition) is 11. The molecule has 0 aliphatic rings. The van der Waals surface area contributed by atoms with Crippen LogP contribution in [-0.2, 0) is 52.2 Å². The third-order valence-electron chi connectivity index (χ3n) is 5.91. The van der Waals surface area contributed by atoms with E-state index in [0.29, 0.717) is 98.9 Å². The van der Waals surface area contributed by atoms with E-state index in [0.717, 1.165) is 44.9 Å². The quantitative estimate of drug-likeness (QED) is 0.0811. The van der Waals surface area contributed by atoms with E-state index in [2.05, 4.69) is 13.8 Å². The van der Waals surface area contributed by atoms with Gasteiger partial charge in [-0.1, -0.05) is 46.5 Å². The number of unbranched alkanes of at least 4 members (excludes halogenated alkanes) is 3. The number of esters is 2. The van der Waals surface area contributed by atoms with Gasteiger partial charge in [0, 0.05) is 6.42 Å². The van der Waals surface area contributed by atoms with Crippen LogP contribution in [0.3, 0.4) is 0 Å². The van der Waals surface area contributed by atoms with Crippen LogP contribution in [0.15, 0.2) is 0 Å². The molecule has 0 amide bonds. The number of ether oxygens (including phenoxy) is 9. The summed E-state index contributed by atoms with van der Waals surface area (Å²) in [7, 11) is 0. The van der Waals surface area contributed by atoms with Crippen LogP contribution in [0.1, 0.15) is 72.1 Å². The molecule has 0 rings (SSSR count). The second-order valence-electron chi connectivity index (χ2n) is 9.38. The van der Waals surface area contributed by atoms with Crippen LogP contribution >= 0.6 is 0 Å². The molecule has 11 nitrogen and oxygen atoms in total. The van der Waals surface area contributed by atoms with Gasteiger partial charge in [-0.25, -0.2) is 0 Å². The minimum Gasteiger partial charge on any atom is -0.463 e. The van der Waals surface area contributed by atoms with Crippen molar-refractivity contribution in [1.29, 1.82) is 0 Å². The second kappa shape index (κ2) is 33.2. The van der Waals surface area contributed by atoms with E-state index >= 15 is 0 Å². The first-order valence-electron chi connectivity index (χ1n) is 15.5. The van der Waals surface area contributed by atoms with E-state index in [1.807, 2.05) is 6.92 Å². The SMILES string of the molecule is CCCCCC(=O)OCCOCCOCCOCCOCCOCCOCCOCCOC(=O)C(CC)CCCC. The van der Waals surface area contributed by atoms with Crippen molar-refractivity contribution in [3.05, 3.63) is 0 Å². The second-order valence-corrected chi connectivity index (χ2v) is 9.38. The summed E-state index contributed by atoms with van der Waals surface area (Å²) in [6, 6.07) is 0. The number of carbonyl (C=O) groups is 2. The number of hydrogen-bond donors (Lipinski definition) is 0. The van der Waals surface area contributed by atoms with E-state index < -0.39 is 0 Å². The van der Waals surface area contributed by atoms with Gasteiger partial charge in [-0.2, -0.15) is 0 Å². The molecular weight excluding hydrogens is 536 g/mol. The maximum absolute atomic E-state index is 12.0. The molecule has 1 unspecified atom stereocenters. The van der Waals surface area contributed by atoms with Crippen molar-refractivity contribution in [3.63, 3.8) is 0 Å². The molecule has 0 fully saturated rings. The fourth-order valence-electron chi connectivity index (χ4n) is 3.49. The average Bonchev–Trinajstić information content (AvgIpc) is 2.97. The van der Waals surface area contributed by atoms with Gasteiger partial charge < -0.3 is 42.6 Å². The van der Waals surface area contributed by atoms with Gasteiger partial charge in [-0.05, 0) is 19.3 Å². The summed E-state index contributed by atoms with van der Waals surface area (Å²) in [6.07, 6.45) is 7.32. The zero-order valence-corrected chi connectivity index (χ0v) is 26.0. The average molecular weight is 595 g/mol. The van der Waals surface area contributed by atoms with Crippen LogP contribution in [0, 0.1) is 5.92 Å². The summed E-state index contributed by atoms with van der Waals surface area (Å²) in [6.45, 7) is 13.3. The number of carbonyl (C=O) groups excluding carboxylic acids is 2. The molecule has 41 heavy (non-hydrogen) atoms. The van der Waals surface area contributed by atoms with Gasteiger partial charge >= 0.3 is 11.9 Å². The van der Waals surface area contributed by atoms with Crippen LogP contribution in [0.5, 0.6) is 0 Å².